The number of para-hydroxylation sites is 1. The van der Waals surface area contributed by atoms with Crippen molar-refractivity contribution in [3.63, 3.8) is 0 Å². The highest BCUT2D eigenvalue weighted by molar-refractivity contribution is 7.95. The molecule has 0 saturated heterocycles. The smallest absolute Gasteiger partial charge is 0.112 e. The Morgan fingerprint density at radius 3 is 1.32 bits per heavy atom. The molecule has 0 aliphatic carbocycles. The predicted molar refractivity (Wildman–Crippen MR) is 139 cm³/mol. The van der Waals surface area contributed by atoms with Gasteiger partial charge >= 0.3 is 0 Å². The van der Waals surface area contributed by atoms with Gasteiger partial charge in [-0.05, 0) is 61.4 Å². The largest absolute Gasteiger partial charge is 0.375 e. The summed E-state index contributed by atoms with van der Waals surface area (Å²) in [5.74, 6) is 0. The van der Waals surface area contributed by atoms with Crippen LogP contribution in [0.3, 0.4) is 0 Å². The van der Waals surface area contributed by atoms with Crippen LogP contribution in [0.5, 0.6) is 0 Å². The van der Waals surface area contributed by atoms with Crippen molar-refractivity contribution in [1.82, 2.24) is 0 Å². The summed E-state index contributed by atoms with van der Waals surface area (Å²) in [6, 6.07) is 44.3. The van der Waals surface area contributed by atoms with Gasteiger partial charge in [0.2, 0.25) is 0 Å². The molecule has 0 bridgehead atoms. The summed E-state index contributed by atoms with van der Waals surface area (Å²) >= 11 is 0. The molecule has 0 atom stereocenters. The Labute approximate surface area is 187 Å². The van der Waals surface area contributed by atoms with Crippen molar-refractivity contribution in [3.05, 3.63) is 121 Å². The van der Waals surface area contributed by atoms with E-state index in [-0.39, 0.29) is 0 Å². The average molecular weight is 425 g/mol. The first-order valence-corrected chi connectivity index (χ1v) is 13.1. The van der Waals surface area contributed by atoms with Gasteiger partial charge < -0.3 is 4.90 Å². The Morgan fingerprint density at radius 2 is 0.903 bits per heavy atom. The molecule has 0 heterocycles. The van der Waals surface area contributed by atoms with Crippen LogP contribution in [0.25, 0.3) is 0 Å². The van der Waals surface area contributed by atoms with E-state index in [1.54, 1.807) is 0 Å². The normalized spacial score (nSPS) is 11.3. The van der Waals surface area contributed by atoms with Gasteiger partial charge in [-0.25, -0.2) is 0 Å². The molecule has 0 saturated carbocycles. The highest BCUT2D eigenvalue weighted by Crippen LogP contribution is 2.55. The van der Waals surface area contributed by atoms with Gasteiger partial charge in [0.1, 0.15) is 23.2 Å². The molecule has 0 unspecified atom stereocenters. The summed E-state index contributed by atoms with van der Waals surface area (Å²) in [5.41, 5.74) is 1.29. The van der Waals surface area contributed by atoms with Crippen LogP contribution in [-0.2, 0) is 0 Å². The van der Waals surface area contributed by atoms with Crippen LogP contribution in [-0.4, -0.2) is 19.8 Å². The highest BCUT2D eigenvalue weighted by atomic mass is 31.2. The molecule has 2 heteroatoms. The van der Waals surface area contributed by atoms with E-state index < -0.39 is 7.26 Å². The first-order valence-electron chi connectivity index (χ1n) is 11.1. The van der Waals surface area contributed by atoms with Gasteiger partial charge in [-0.15, -0.1) is 0 Å². The van der Waals surface area contributed by atoms with Crippen LogP contribution in [0.2, 0.25) is 0 Å². The second kappa shape index (κ2) is 10.4. The molecule has 4 aromatic carbocycles. The molecule has 0 amide bonds. The maximum absolute atomic E-state index is 2.37. The van der Waals surface area contributed by atoms with Gasteiger partial charge in [0.05, 0.1) is 6.16 Å². The van der Waals surface area contributed by atoms with Gasteiger partial charge in [0.25, 0.3) is 0 Å². The standard InChI is InChI=1S/C29H31NP/c1-30(26-16-6-2-7-17-26)24-14-15-25-31(27-18-8-3-9-19-27,28-20-10-4-11-21-28)29-22-12-5-13-23-29/h2-13,16-23H,14-15,24-25H2,1H3/q+1. The van der Waals surface area contributed by atoms with Crippen molar-refractivity contribution in [1.29, 1.82) is 0 Å². The van der Waals surface area contributed by atoms with Crippen molar-refractivity contribution in [3.8, 4) is 0 Å². The second-order valence-corrected chi connectivity index (χ2v) is 11.6. The van der Waals surface area contributed by atoms with Gasteiger partial charge in [0, 0.05) is 19.3 Å². The number of unbranched alkanes of at least 4 members (excludes halogenated alkanes) is 1. The lowest BCUT2D eigenvalue weighted by atomic mass is 10.2. The molecule has 4 aromatic rings. The van der Waals surface area contributed by atoms with Crippen molar-refractivity contribution < 1.29 is 0 Å². The summed E-state index contributed by atoms with van der Waals surface area (Å²) < 4.78 is 0. The maximum atomic E-state index is 2.37. The van der Waals surface area contributed by atoms with Crippen molar-refractivity contribution in [2.24, 2.45) is 0 Å². The third-order valence-electron chi connectivity index (χ3n) is 6.02. The summed E-state index contributed by atoms with van der Waals surface area (Å²) in [6.45, 7) is 1.07. The monoisotopic (exact) mass is 424 g/mol. The topological polar surface area (TPSA) is 3.24 Å². The third kappa shape index (κ3) is 4.89. The minimum atomic E-state index is -1.70. The van der Waals surface area contributed by atoms with E-state index in [0.29, 0.717) is 0 Å². The zero-order valence-electron chi connectivity index (χ0n) is 18.3. The van der Waals surface area contributed by atoms with Crippen LogP contribution >= 0.6 is 7.26 Å². The minimum absolute atomic E-state index is 1.07. The van der Waals surface area contributed by atoms with E-state index in [4.69, 9.17) is 0 Å². The van der Waals surface area contributed by atoms with Crippen LogP contribution in [0.15, 0.2) is 121 Å². The molecule has 0 aliphatic heterocycles. The molecule has 0 N–H and O–H groups in total. The van der Waals surface area contributed by atoms with E-state index in [2.05, 4.69) is 133 Å². The molecule has 0 aromatic heterocycles. The molecule has 31 heavy (non-hydrogen) atoms. The predicted octanol–water partition coefficient (Wildman–Crippen LogP) is 5.90. The molecule has 0 radical (unpaired) electrons. The molecule has 1 nitrogen and oxygen atoms in total. The second-order valence-electron chi connectivity index (χ2n) is 8.00. The van der Waals surface area contributed by atoms with Crippen molar-refractivity contribution in [2.45, 2.75) is 12.8 Å². The first-order chi connectivity index (χ1) is 15.3. The summed E-state index contributed by atoms with van der Waals surface area (Å²) in [5, 5.41) is 4.43. The Morgan fingerprint density at radius 1 is 0.516 bits per heavy atom. The van der Waals surface area contributed by atoms with E-state index in [9.17, 15) is 0 Å². The lowest BCUT2D eigenvalue weighted by molar-refractivity contribution is 0.770. The van der Waals surface area contributed by atoms with E-state index in [1.807, 2.05) is 0 Å². The average Bonchev–Trinajstić information content (AvgIpc) is 2.86. The summed E-state index contributed by atoms with van der Waals surface area (Å²) in [4.78, 5) is 2.37. The number of hydrogen-bond acceptors (Lipinski definition) is 1. The zero-order valence-corrected chi connectivity index (χ0v) is 19.2. The SMILES string of the molecule is CN(CCCC[P+](c1ccccc1)(c1ccccc1)c1ccccc1)c1ccccc1. The quantitative estimate of drug-likeness (QED) is 0.239. The fourth-order valence-corrected chi connectivity index (χ4v) is 8.80. The van der Waals surface area contributed by atoms with Gasteiger partial charge in [-0.3, -0.25) is 0 Å². The molecule has 0 aliphatic rings. The number of anilines is 1. The van der Waals surface area contributed by atoms with E-state index in [1.165, 1.54) is 40.6 Å². The fraction of sp³-hybridized carbons (Fsp3) is 0.172. The lowest BCUT2D eigenvalue weighted by Crippen LogP contribution is -2.33. The van der Waals surface area contributed by atoms with Crippen molar-refractivity contribution in [2.75, 3.05) is 24.7 Å². The Hall–Kier alpha value is -2.89. The van der Waals surface area contributed by atoms with Gasteiger partial charge in [0.15, 0.2) is 0 Å². The van der Waals surface area contributed by atoms with Gasteiger partial charge in [-0.1, -0.05) is 72.8 Å². The summed E-state index contributed by atoms with van der Waals surface area (Å²) in [7, 11) is 0.494. The third-order valence-corrected chi connectivity index (χ3v) is 10.6. The van der Waals surface area contributed by atoms with E-state index >= 15 is 0 Å². The molecule has 0 spiro atoms. The number of benzene rings is 4. The molecule has 156 valence electrons. The van der Waals surface area contributed by atoms with Crippen LogP contribution in [0.1, 0.15) is 12.8 Å². The zero-order chi connectivity index (χ0) is 21.4. The molecule has 0 fully saturated rings. The first kappa shape index (κ1) is 21.3. The molecular formula is C29H31NP+. The number of nitrogens with zero attached hydrogens (tertiary/aromatic N) is 1. The summed E-state index contributed by atoms with van der Waals surface area (Å²) in [6.07, 6.45) is 3.57. The van der Waals surface area contributed by atoms with E-state index in [0.717, 1.165) is 6.54 Å². The highest BCUT2D eigenvalue weighted by Gasteiger charge is 2.44. The van der Waals surface area contributed by atoms with Gasteiger partial charge in [-0.2, -0.15) is 0 Å². The van der Waals surface area contributed by atoms with Crippen molar-refractivity contribution >= 4 is 28.9 Å². The van der Waals surface area contributed by atoms with Crippen LogP contribution < -0.4 is 20.8 Å². The fourth-order valence-electron chi connectivity index (χ4n) is 4.39. The number of rotatable bonds is 9. The van der Waals surface area contributed by atoms with Crippen LogP contribution in [0, 0.1) is 0 Å². The molecule has 4 rings (SSSR count). The number of hydrogen-bond donors (Lipinski definition) is 0. The Kier molecular flexibility index (Phi) is 7.18. The minimum Gasteiger partial charge on any atom is -0.375 e. The molecular weight excluding hydrogens is 393 g/mol. The Balaban J connectivity index is 1.63. The van der Waals surface area contributed by atoms with Crippen LogP contribution in [0.4, 0.5) is 5.69 Å². The Bertz CT molecular complexity index is 936. The maximum Gasteiger partial charge on any atom is 0.112 e. The lowest BCUT2D eigenvalue weighted by Gasteiger charge is -2.28.